The van der Waals surface area contributed by atoms with Crippen molar-refractivity contribution < 1.29 is 4.39 Å². The quantitative estimate of drug-likeness (QED) is 0.765. The minimum Gasteiger partial charge on any atom is -0.316 e. The van der Waals surface area contributed by atoms with Crippen LogP contribution in [-0.4, -0.2) is 22.5 Å². The molecule has 1 unspecified atom stereocenters. The monoisotopic (exact) mass is 205 g/mol. The number of hydrogen-bond acceptors (Lipinski definition) is 2. The van der Waals surface area contributed by atoms with Crippen LogP contribution in [-0.2, 0) is 0 Å². The molecule has 1 atom stereocenters. The topological polar surface area (TPSA) is 29.3 Å². The largest absolute Gasteiger partial charge is 0.316 e. The molecule has 0 aliphatic carbocycles. The average molecular weight is 205 g/mol. The van der Waals surface area contributed by atoms with Crippen molar-refractivity contribution in [1.82, 2.24) is 14.7 Å². The third-order valence-corrected chi connectivity index (χ3v) is 2.91. The molecule has 2 aromatic rings. The molecule has 0 spiro atoms. The van der Waals surface area contributed by atoms with Gasteiger partial charge in [-0.2, -0.15) is 0 Å². The molecule has 3 rings (SSSR count). The Hall–Kier alpha value is -1.42. The van der Waals surface area contributed by atoms with Crippen molar-refractivity contribution in [1.29, 1.82) is 0 Å². The first-order chi connectivity index (χ1) is 7.33. The van der Waals surface area contributed by atoms with Gasteiger partial charge >= 0.3 is 0 Å². The van der Waals surface area contributed by atoms with Gasteiger partial charge in [-0.1, -0.05) is 0 Å². The van der Waals surface area contributed by atoms with Crippen LogP contribution < -0.4 is 5.32 Å². The van der Waals surface area contributed by atoms with Gasteiger partial charge in [0.1, 0.15) is 11.5 Å². The van der Waals surface area contributed by atoms with E-state index in [0.29, 0.717) is 5.92 Å². The predicted octanol–water partition coefficient (Wildman–Crippen LogP) is 1.55. The Morgan fingerprint density at radius 3 is 3.13 bits per heavy atom. The second kappa shape index (κ2) is 3.31. The Labute approximate surface area is 86.9 Å². The van der Waals surface area contributed by atoms with Gasteiger partial charge in [-0.3, -0.25) is 0 Å². The van der Waals surface area contributed by atoms with Crippen molar-refractivity contribution in [2.24, 2.45) is 0 Å². The highest BCUT2D eigenvalue weighted by molar-refractivity contribution is 5.40. The van der Waals surface area contributed by atoms with E-state index in [-0.39, 0.29) is 5.82 Å². The molecular weight excluding hydrogens is 193 g/mol. The van der Waals surface area contributed by atoms with Crippen molar-refractivity contribution in [2.75, 3.05) is 13.1 Å². The third-order valence-electron chi connectivity index (χ3n) is 2.91. The van der Waals surface area contributed by atoms with Crippen LogP contribution in [0.2, 0.25) is 0 Å². The summed E-state index contributed by atoms with van der Waals surface area (Å²) in [4.78, 5) is 4.49. The Morgan fingerprint density at radius 2 is 2.33 bits per heavy atom. The molecule has 3 nitrogen and oxygen atoms in total. The van der Waals surface area contributed by atoms with Gasteiger partial charge in [-0.25, -0.2) is 9.37 Å². The van der Waals surface area contributed by atoms with E-state index in [2.05, 4.69) is 10.3 Å². The van der Waals surface area contributed by atoms with Gasteiger partial charge in [0.05, 0.1) is 5.69 Å². The van der Waals surface area contributed by atoms with Crippen molar-refractivity contribution in [3.8, 4) is 0 Å². The summed E-state index contributed by atoms with van der Waals surface area (Å²) in [5, 5.41) is 3.30. The van der Waals surface area contributed by atoms with Gasteiger partial charge in [-0.15, -0.1) is 0 Å². The van der Waals surface area contributed by atoms with Crippen LogP contribution in [0.4, 0.5) is 4.39 Å². The van der Waals surface area contributed by atoms with Crippen LogP contribution in [0, 0.1) is 5.82 Å². The molecule has 0 radical (unpaired) electrons. The molecule has 78 valence electrons. The molecule has 15 heavy (non-hydrogen) atoms. The highest BCUT2D eigenvalue weighted by Crippen LogP contribution is 2.21. The first-order valence-corrected chi connectivity index (χ1v) is 5.18. The van der Waals surface area contributed by atoms with Crippen LogP contribution in [0.15, 0.2) is 24.5 Å². The summed E-state index contributed by atoms with van der Waals surface area (Å²) >= 11 is 0. The molecular formula is C11H12FN3. The lowest BCUT2D eigenvalue weighted by Gasteiger charge is -2.01. The fraction of sp³-hybridized carbons (Fsp3) is 0.364. The Balaban J connectivity index is 2.05. The van der Waals surface area contributed by atoms with Gasteiger partial charge in [0.15, 0.2) is 0 Å². The number of nitrogens with zero attached hydrogens (tertiary/aromatic N) is 2. The van der Waals surface area contributed by atoms with Gasteiger partial charge in [0.2, 0.25) is 0 Å². The van der Waals surface area contributed by atoms with Crippen LogP contribution >= 0.6 is 0 Å². The number of rotatable bonds is 1. The highest BCUT2D eigenvalue weighted by Gasteiger charge is 2.19. The van der Waals surface area contributed by atoms with Crippen molar-refractivity contribution >= 4 is 5.65 Å². The molecule has 0 bridgehead atoms. The Morgan fingerprint density at radius 1 is 1.40 bits per heavy atom. The Kier molecular flexibility index (Phi) is 1.95. The third kappa shape index (κ3) is 1.51. The van der Waals surface area contributed by atoms with Crippen molar-refractivity contribution in [3.05, 3.63) is 36.0 Å². The number of fused-ring (bicyclic) bond motifs is 1. The maximum absolute atomic E-state index is 13.0. The second-order valence-electron chi connectivity index (χ2n) is 3.97. The number of pyridine rings is 1. The van der Waals surface area contributed by atoms with E-state index in [1.165, 1.54) is 12.3 Å². The molecule has 2 aromatic heterocycles. The zero-order valence-electron chi connectivity index (χ0n) is 8.28. The van der Waals surface area contributed by atoms with Crippen molar-refractivity contribution in [2.45, 2.75) is 12.3 Å². The van der Waals surface area contributed by atoms with E-state index in [9.17, 15) is 4.39 Å². The molecule has 3 heterocycles. The van der Waals surface area contributed by atoms with E-state index in [4.69, 9.17) is 0 Å². The number of hydrogen-bond donors (Lipinski definition) is 1. The summed E-state index contributed by atoms with van der Waals surface area (Å²) in [7, 11) is 0. The maximum Gasteiger partial charge on any atom is 0.139 e. The first kappa shape index (κ1) is 8.85. The van der Waals surface area contributed by atoms with E-state index < -0.39 is 0 Å². The summed E-state index contributed by atoms with van der Waals surface area (Å²) < 4.78 is 14.7. The average Bonchev–Trinajstić information content (AvgIpc) is 2.84. The van der Waals surface area contributed by atoms with E-state index >= 15 is 0 Å². The van der Waals surface area contributed by atoms with Crippen LogP contribution in [0.25, 0.3) is 5.65 Å². The Bertz CT molecular complexity index is 486. The van der Waals surface area contributed by atoms with Crippen molar-refractivity contribution in [3.63, 3.8) is 0 Å². The highest BCUT2D eigenvalue weighted by atomic mass is 19.1. The summed E-state index contributed by atoms with van der Waals surface area (Å²) in [5.41, 5.74) is 1.88. The molecule has 0 saturated carbocycles. The molecule has 0 amide bonds. The molecule has 1 fully saturated rings. The van der Waals surface area contributed by atoms with Crippen LogP contribution in [0.5, 0.6) is 0 Å². The summed E-state index contributed by atoms with van der Waals surface area (Å²) in [6.45, 7) is 2.03. The minimum atomic E-state index is -0.226. The lowest BCUT2D eigenvalue weighted by Crippen LogP contribution is -2.07. The second-order valence-corrected chi connectivity index (χ2v) is 3.97. The standard InChI is InChI=1S/C11H12FN3/c12-9-1-2-11-14-10(7-15(11)6-9)8-3-4-13-5-8/h1-2,6-8,13H,3-5H2. The molecule has 1 aliphatic heterocycles. The lowest BCUT2D eigenvalue weighted by molar-refractivity contribution is 0.619. The normalized spacial score (nSPS) is 21.3. The smallest absolute Gasteiger partial charge is 0.139 e. The van der Waals surface area contributed by atoms with Gasteiger partial charge in [-0.05, 0) is 25.1 Å². The van der Waals surface area contributed by atoms with Crippen LogP contribution in [0.1, 0.15) is 18.0 Å². The predicted molar refractivity (Wildman–Crippen MR) is 55.4 cm³/mol. The summed E-state index contributed by atoms with van der Waals surface area (Å²) in [6.07, 6.45) is 4.51. The SMILES string of the molecule is Fc1ccc2nc(C3CCNC3)cn2c1. The molecule has 1 saturated heterocycles. The number of aromatic nitrogens is 2. The van der Waals surface area contributed by atoms with E-state index in [1.54, 1.807) is 10.5 Å². The molecule has 0 aromatic carbocycles. The van der Waals surface area contributed by atoms with Crippen LogP contribution in [0.3, 0.4) is 0 Å². The maximum atomic E-state index is 13.0. The number of halogens is 1. The first-order valence-electron chi connectivity index (χ1n) is 5.18. The number of imidazole rings is 1. The summed E-state index contributed by atoms with van der Waals surface area (Å²) in [6, 6.07) is 3.15. The fourth-order valence-corrected chi connectivity index (χ4v) is 2.09. The molecule has 1 aliphatic rings. The minimum absolute atomic E-state index is 0.226. The van der Waals surface area contributed by atoms with E-state index in [0.717, 1.165) is 30.9 Å². The van der Waals surface area contributed by atoms with Gasteiger partial charge in [0, 0.05) is 24.9 Å². The molecule has 4 heteroatoms. The molecule has 1 N–H and O–H groups in total. The summed E-state index contributed by atoms with van der Waals surface area (Å²) in [5.74, 6) is 0.254. The fourth-order valence-electron chi connectivity index (χ4n) is 2.09. The van der Waals surface area contributed by atoms with Gasteiger partial charge < -0.3 is 9.72 Å². The zero-order chi connectivity index (χ0) is 10.3. The van der Waals surface area contributed by atoms with Gasteiger partial charge in [0.25, 0.3) is 0 Å². The lowest BCUT2D eigenvalue weighted by atomic mass is 10.1. The van der Waals surface area contributed by atoms with E-state index in [1.807, 2.05) is 6.20 Å². The zero-order valence-corrected chi connectivity index (χ0v) is 8.28. The number of nitrogens with one attached hydrogen (secondary N) is 1.